The highest BCUT2D eigenvalue weighted by Crippen LogP contribution is 2.27. The highest BCUT2D eigenvalue weighted by Gasteiger charge is 2.31. The number of nitrogens with zero attached hydrogens (tertiary/aromatic N) is 3. The lowest BCUT2D eigenvalue weighted by Crippen LogP contribution is -2.44. The normalized spacial score (nSPS) is 19.3. The van der Waals surface area contributed by atoms with Crippen LogP contribution in [0.4, 0.5) is 0 Å². The van der Waals surface area contributed by atoms with Crippen LogP contribution in [0.5, 0.6) is 0 Å². The van der Waals surface area contributed by atoms with E-state index in [0.717, 1.165) is 63.8 Å². The van der Waals surface area contributed by atoms with Gasteiger partial charge in [-0.1, -0.05) is 29.8 Å². The Labute approximate surface area is 169 Å². The molecular formula is C23H35N3O2. The summed E-state index contributed by atoms with van der Waals surface area (Å²) in [7, 11) is 3.94. The Balaban J connectivity index is 1.50. The molecule has 5 nitrogen and oxygen atoms in total. The van der Waals surface area contributed by atoms with Crippen LogP contribution in [0, 0.1) is 12.8 Å². The highest BCUT2D eigenvalue weighted by molar-refractivity contribution is 5.83. The molecule has 0 aromatic heterocycles. The molecule has 2 amide bonds. The van der Waals surface area contributed by atoms with Gasteiger partial charge in [-0.25, -0.2) is 0 Å². The number of amides is 2. The second kappa shape index (κ2) is 9.55. The lowest BCUT2D eigenvalue weighted by atomic mass is 9.91. The van der Waals surface area contributed by atoms with Crippen LogP contribution in [0.1, 0.15) is 55.7 Å². The van der Waals surface area contributed by atoms with Gasteiger partial charge in [0, 0.05) is 32.6 Å². The van der Waals surface area contributed by atoms with Crippen LogP contribution >= 0.6 is 0 Å². The van der Waals surface area contributed by atoms with Gasteiger partial charge in [-0.05, 0) is 64.6 Å². The molecule has 2 saturated heterocycles. The van der Waals surface area contributed by atoms with Crippen molar-refractivity contribution in [1.29, 1.82) is 0 Å². The largest absolute Gasteiger partial charge is 0.343 e. The van der Waals surface area contributed by atoms with Gasteiger partial charge in [0.25, 0.3) is 0 Å². The molecule has 0 radical (unpaired) electrons. The van der Waals surface area contributed by atoms with Crippen LogP contribution in [0.15, 0.2) is 24.3 Å². The van der Waals surface area contributed by atoms with Crippen molar-refractivity contribution in [2.45, 2.75) is 51.5 Å². The van der Waals surface area contributed by atoms with Crippen LogP contribution < -0.4 is 0 Å². The van der Waals surface area contributed by atoms with Crippen molar-refractivity contribution in [1.82, 2.24) is 14.7 Å². The van der Waals surface area contributed by atoms with Crippen molar-refractivity contribution >= 4 is 11.8 Å². The molecule has 5 heteroatoms. The van der Waals surface area contributed by atoms with Gasteiger partial charge in [0.05, 0.1) is 0 Å². The average molecular weight is 386 g/mol. The molecule has 2 aliphatic heterocycles. The molecule has 0 aliphatic carbocycles. The Bertz CT molecular complexity index is 657. The molecule has 0 bridgehead atoms. The third-order valence-corrected chi connectivity index (χ3v) is 6.29. The van der Waals surface area contributed by atoms with E-state index in [0.29, 0.717) is 18.2 Å². The zero-order valence-corrected chi connectivity index (χ0v) is 17.7. The number of aryl methyl sites for hydroxylation is 1. The first-order chi connectivity index (χ1) is 13.5. The summed E-state index contributed by atoms with van der Waals surface area (Å²) in [6.45, 7) is 5.55. The smallest absolute Gasteiger partial charge is 0.244 e. The molecule has 1 atom stereocenters. The van der Waals surface area contributed by atoms with Gasteiger partial charge >= 0.3 is 0 Å². The fraction of sp³-hybridized carbons (Fsp3) is 0.652. The first-order valence-corrected chi connectivity index (χ1v) is 10.8. The van der Waals surface area contributed by atoms with Crippen molar-refractivity contribution in [2.75, 3.05) is 40.3 Å². The summed E-state index contributed by atoms with van der Waals surface area (Å²) >= 11 is 0. The van der Waals surface area contributed by atoms with E-state index in [2.05, 4.69) is 31.2 Å². The summed E-state index contributed by atoms with van der Waals surface area (Å²) in [5.74, 6) is 1.08. The van der Waals surface area contributed by atoms with Gasteiger partial charge in [-0.2, -0.15) is 0 Å². The minimum Gasteiger partial charge on any atom is -0.343 e. The van der Waals surface area contributed by atoms with Crippen molar-refractivity contribution in [2.24, 2.45) is 5.92 Å². The van der Waals surface area contributed by atoms with E-state index >= 15 is 0 Å². The Morgan fingerprint density at radius 2 is 1.61 bits per heavy atom. The lowest BCUT2D eigenvalue weighted by Gasteiger charge is -2.36. The van der Waals surface area contributed by atoms with E-state index in [1.165, 1.54) is 5.56 Å². The topological polar surface area (TPSA) is 43.9 Å². The average Bonchev–Trinajstić information content (AvgIpc) is 3.23. The number of hydrogen-bond acceptors (Lipinski definition) is 3. The first-order valence-electron chi connectivity index (χ1n) is 10.8. The number of rotatable bonds is 6. The van der Waals surface area contributed by atoms with Crippen LogP contribution in [-0.4, -0.2) is 66.8 Å². The summed E-state index contributed by atoms with van der Waals surface area (Å²) in [5, 5.41) is 0. The number of likely N-dealkylation sites (tertiary alicyclic amines) is 2. The van der Waals surface area contributed by atoms with E-state index in [-0.39, 0.29) is 11.9 Å². The molecule has 0 unspecified atom stereocenters. The van der Waals surface area contributed by atoms with Crippen molar-refractivity contribution in [3.63, 3.8) is 0 Å². The van der Waals surface area contributed by atoms with Gasteiger partial charge in [0.15, 0.2) is 0 Å². The third-order valence-electron chi connectivity index (χ3n) is 6.29. The molecule has 0 N–H and O–H groups in total. The van der Waals surface area contributed by atoms with Gasteiger partial charge in [-0.3, -0.25) is 14.5 Å². The van der Waals surface area contributed by atoms with Gasteiger partial charge < -0.3 is 9.80 Å². The summed E-state index contributed by atoms with van der Waals surface area (Å²) in [6.07, 6.45) is 5.95. The maximum atomic E-state index is 13.2. The fourth-order valence-corrected chi connectivity index (χ4v) is 4.48. The molecule has 0 spiro atoms. The predicted molar refractivity (Wildman–Crippen MR) is 112 cm³/mol. The van der Waals surface area contributed by atoms with Crippen LogP contribution in [0.25, 0.3) is 0 Å². The molecule has 28 heavy (non-hydrogen) atoms. The maximum absolute atomic E-state index is 13.2. The number of hydrogen-bond donors (Lipinski definition) is 0. The van der Waals surface area contributed by atoms with Gasteiger partial charge in [0.1, 0.15) is 6.04 Å². The fourth-order valence-electron chi connectivity index (χ4n) is 4.48. The van der Waals surface area contributed by atoms with Crippen LogP contribution in [0.2, 0.25) is 0 Å². The van der Waals surface area contributed by atoms with Gasteiger partial charge in [-0.15, -0.1) is 0 Å². The molecule has 0 saturated carbocycles. The van der Waals surface area contributed by atoms with E-state index in [9.17, 15) is 9.59 Å². The predicted octanol–water partition coefficient (Wildman–Crippen LogP) is 3.24. The van der Waals surface area contributed by atoms with Crippen molar-refractivity contribution in [3.05, 3.63) is 35.4 Å². The lowest BCUT2D eigenvalue weighted by molar-refractivity contribution is -0.138. The Hall–Kier alpha value is -1.88. The highest BCUT2D eigenvalue weighted by atomic mass is 16.2. The molecule has 2 fully saturated rings. The zero-order chi connectivity index (χ0) is 20.1. The quantitative estimate of drug-likeness (QED) is 0.755. The molecule has 2 aliphatic rings. The number of likely N-dealkylation sites (N-methyl/N-ethyl adjacent to an activating group) is 1. The number of piperidine rings is 1. The Morgan fingerprint density at radius 3 is 2.18 bits per heavy atom. The zero-order valence-electron chi connectivity index (χ0n) is 17.7. The monoisotopic (exact) mass is 385 g/mol. The molecular weight excluding hydrogens is 350 g/mol. The Kier molecular flexibility index (Phi) is 7.11. The van der Waals surface area contributed by atoms with Crippen LogP contribution in [-0.2, 0) is 9.59 Å². The number of benzene rings is 1. The molecule has 1 aromatic carbocycles. The van der Waals surface area contributed by atoms with Crippen molar-refractivity contribution in [3.8, 4) is 0 Å². The maximum Gasteiger partial charge on any atom is 0.244 e. The summed E-state index contributed by atoms with van der Waals surface area (Å²) in [6, 6.07) is 8.04. The van der Waals surface area contributed by atoms with E-state index in [4.69, 9.17) is 0 Å². The van der Waals surface area contributed by atoms with E-state index < -0.39 is 0 Å². The SMILES string of the molecule is Cc1ccc([C@@H](C(=O)N2CCC(CCC(=O)N3CCCC3)CC2)N(C)C)cc1. The van der Waals surface area contributed by atoms with E-state index in [1.54, 1.807) is 0 Å². The van der Waals surface area contributed by atoms with Crippen LogP contribution in [0.3, 0.4) is 0 Å². The first kappa shape index (κ1) is 20.8. The number of carbonyl (C=O) groups is 2. The second-order valence-electron chi connectivity index (χ2n) is 8.67. The molecule has 2 heterocycles. The second-order valence-corrected chi connectivity index (χ2v) is 8.67. The minimum absolute atomic E-state index is 0.195. The van der Waals surface area contributed by atoms with Gasteiger partial charge in [0.2, 0.25) is 11.8 Å². The standard InChI is InChI=1S/C23H35N3O2/c1-18-6-9-20(10-7-18)22(24(2)3)23(28)26-16-12-19(13-17-26)8-11-21(27)25-14-4-5-15-25/h6-7,9-10,19,22H,4-5,8,11-17H2,1-3H3/t22-/m0/s1. The van der Waals surface area contributed by atoms with Crippen molar-refractivity contribution < 1.29 is 9.59 Å². The summed E-state index contributed by atoms with van der Waals surface area (Å²) in [4.78, 5) is 31.5. The van der Waals surface area contributed by atoms with E-state index in [1.807, 2.05) is 28.8 Å². The minimum atomic E-state index is -0.228. The Morgan fingerprint density at radius 1 is 1.00 bits per heavy atom. The molecule has 3 rings (SSSR count). The molecule has 154 valence electrons. The summed E-state index contributed by atoms with van der Waals surface area (Å²) < 4.78 is 0. The number of carbonyl (C=O) groups excluding carboxylic acids is 2. The molecule has 1 aromatic rings. The summed E-state index contributed by atoms with van der Waals surface area (Å²) in [5.41, 5.74) is 2.26. The third kappa shape index (κ3) is 5.13.